The molecular formula is C12H11BN2O3. The van der Waals surface area contributed by atoms with E-state index in [0.717, 1.165) is 0 Å². The number of nitrogens with zero attached hydrogens (tertiary/aromatic N) is 1. The van der Waals surface area contributed by atoms with E-state index in [0.29, 0.717) is 5.82 Å². The predicted molar refractivity (Wildman–Crippen MR) is 68.5 cm³/mol. The van der Waals surface area contributed by atoms with Crippen molar-refractivity contribution in [3.05, 3.63) is 54.2 Å². The normalized spacial score (nSPS) is 9.89. The van der Waals surface area contributed by atoms with Crippen LogP contribution in [-0.4, -0.2) is 28.1 Å². The standard InChI is InChI=1S/C12H11BN2O3/c16-12(15-11-7-3-4-8-14-11)9-5-1-2-6-10(9)13(17)18/h1-8,17-18H,(H,14,15,16). The summed E-state index contributed by atoms with van der Waals surface area (Å²) in [4.78, 5) is 15.9. The number of anilines is 1. The topological polar surface area (TPSA) is 82.5 Å². The average molecular weight is 242 g/mol. The Labute approximate surface area is 104 Å². The summed E-state index contributed by atoms with van der Waals surface area (Å²) in [6.45, 7) is 0. The Hall–Kier alpha value is -2.18. The van der Waals surface area contributed by atoms with Crippen molar-refractivity contribution in [1.82, 2.24) is 4.98 Å². The molecule has 1 heterocycles. The fourth-order valence-corrected chi connectivity index (χ4v) is 1.55. The average Bonchev–Trinajstić information content (AvgIpc) is 2.40. The van der Waals surface area contributed by atoms with Crippen molar-refractivity contribution in [2.75, 3.05) is 5.32 Å². The molecule has 1 aromatic heterocycles. The Bertz CT molecular complexity index is 546. The SMILES string of the molecule is O=C(Nc1ccccn1)c1ccccc1B(O)O. The molecule has 5 nitrogen and oxygen atoms in total. The van der Waals surface area contributed by atoms with Gasteiger partial charge in [-0.15, -0.1) is 0 Å². The van der Waals surface area contributed by atoms with Gasteiger partial charge in [0.1, 0.15) is 5.82 Å². The number of pyridine rings is 1. The van der Waals surface area contributed by atoms with Gasteiger partial charge < -0.3 is 15.4 Å². The number of amides is 1. The summed E-state index contributed by atoms with van der Waals surface area (Å²) in [5, 5.41) is 20.9. The molecular weight excluding hydrogens is 231 g/mol. The van der Waals surface area contributed by atoms with Crippen LogP contribution in [0.15, 0.2) is 48.7 Å². The molecule has 0 unspecified atom stereocenters. The lowest BCUT2D eigenvalue weighted by molar-refractivity contribution is 0.102. The molecule has 6 heteroatoms. The van der Waals surface area contributed by atoms with Gasteiger partial charge in [-0.2, -0.15) is 0 Å². The van der Waals surface area contributed by atoms with Crippen LogP contribution >= 0.6 is 0 Å². The molecule has 1 aromatic carbocycles. The van der Waals surface area contributed by atoms with Crippen LogP contribution < -0.4 is 10.8 Å². The highest BCUT2D eigenvalue weighted by Crippen LogP contribution is 2.04. The van der Waals surface area contributed by atoms with Crippen LogP contribution in [0.3, 0.4) is 0 Å². The third kappa shape index (κ3) is 2.74. The summed E-state index contributed by atoms with van der Waals surface area (Å²) < 4.78 is 0. The predicted octanol–water partition coefficient (Wildman–Crippen LogP) is 0.0137. The third-order valence-corrected chi connectivity index (χ3v) is 2.39. The van der Waals surface area contributed by atoms with Gasteiger partial charge in [-0.25, -0.2) is 4.98 Å². The summed E-state index contributed by atoms with van der Waals surface area (Å²) >= 11 is 0. The van der Waals surface area contributed by atoms with Gasteiger partial charge in [-0.3, -0.25) is 4.79 Å². The molecule has 0 spiro atoms. The van der Waals surface area contributed by atoms with Crippen LogP contribution in [0.25, 0.3) is 0 Å². The molecule has 0 radical (unpaired) electrons. The fourth-order valence-electron chi connectivity index (χ4n) is 1.55. The lowest BCUT2D eigenvalue weighted by atomic mass is 9.77. The second-order valence-electron chi connectivity index (χ2n) is 3.63. The van der Waals surface area contributed by atoms with E-state index in [1.807, 2.05) is 0 Å². The lowest BCUT2D eigenvalue weighted by Gasteiger charge is -2.08. The number of nitrogens with one attached hydrogen (secondary N) is 1. The van der Waals surface area contributed by atoms with Crippen LogP contribution in [0.4, 0.5) is 5.82 Å². The van der Waals surface area contributed by atoms with Crippen molar-refractivity contribution >= 4 is 24.3 Å². The minimum Gasteiger partial charge on any atom is -0.423 e. The van der Waals surface area contributed by atoms with Crippen molar-refractivity contribution in [3.63, 3.8) is 0 Å². The minimum atomic E-state index is -1.68. The molecule has 0 saturated carbocycles. The molecule has 0 saturated heterocycles. The highest BCUT2D eigenvalue weighted by Gasteiger charge is 2.19. The smallest absolute Gasteiger partial charge is 0.423 e. The molecule has 2 rings (SSSR count). The van der Waals surface area contributed by atoms with Crippen LogP contribution in [0.1, 0.15) is 10.4 Å². The van der Waals surface area contributed by atoms with Crippen LogP contribution in [0.5, 0.6) is 0 Å². The molecule has 2 aromatic rings. The molecule has 90 valence electrons. The van der Waals surface area contributed by atoms with E-state index in [1.165, 1.54) is 12.1 Å². The van der Waals surface area contributed by atoms with E-state index in [2.05, 4.69) is 10.3 Å². The maximum absolute atomic E-state index is 12.0. The van der Waals surface area contributed by atoms with Gasteiger partial charge in [0.2, 0.25) is 0 Å². The van der Waals surface area contributed by atoms with Crippen LogP contribution in [0.2, 0.25) is 0 Å². The van der Waals surface area contributed by atoms with E-state index < -0.39 is 13.0 Å². The number of rotatable bonds is 3. The molecule has 0 atom stereocenters. The molecule has 1 amide bonds. The van der Waals surface area contributed by atoms with E-state index in [9.17, 15) is 14.8 Å². The first-order chi connectivity index (χ1) is 8.68. The quantitative estimate of drug-likeness (QED) is 0.662. The first kappa shape index (κ1) is 12.3. The first-order valence-electron chi connectivity index (χ1n) is 5.36. The number of carbonyl (C=O) groups excluding carboxylic acids is 1. The Balaban J connectivity index is 2.24. The largest absolute Gasteiger partial charge is 0.489 e. The Kier molecular flexibility index (Phi) is 3.71. The first-order valence-corrected chi connectivity index (χ1v) is 5.36. The Morgan fingerprint density at radius 2 is 1.83 bits per heavy atom. The molecule has 18 heavy (non-hydrogen) atoms. The minimum absolute atomic E-state index is 0.158. The fraction of sp³-hybridized carbons (Fsp3) is 0. The number of aromatic nitrogens is 1. The summed E-state index contributed by atoms with van der Waals surface area (Å²) in [6, 6.07) is 11.4. The van der Waals surface area contributed by atoms with Crippen molar-refractivity contribution in [1.29, 1.82) is 0 Å². The van der Waals surface area contributed by atoms with E-state index in [4.69, 9.17) is 0 Å². The van der Waals surface area contributed by atoms with Gasteiger partial charge in [0.05, 0.1) is 0 Å². The highest BCUT2D eigenvalue weighted by atomic mass is 16.4. The summed E-state index contributed by atoms with van der Waals surface area (Å²) in [6.07, 6.45) is 1.56. The van der Waals surface area contributed by atoms with E-state index in [1.54, 1.807) is 36.5 Å². The van der Waals surface area contributed by atoms with Crippen LogP contribution in [-0.2, 0) is 0 Å². The number of hydrogen-bond acceptors (Lipinski definition) is 4. The lowest BCUT2D eigenvalue weighted by Crippen LogP contribution is -2.36. The molecule has 0 aliphatic rings. The van der Waals surface area contributed by atoms with Gasteiger partial charge in [-0.1, -0.05) is 24.3 Å². The van der Waals surface area contributed by atoms with Gasteiger partial charge in [0, 0.05) is 11.8 Å². The molecule has 3 N–H and O–H groups in total. The maximum Gasteiger partial charge on any atom is 0.489 e. The molecule has 0 fully saturated rings. The summed E-state index contributed by atoms with van der Waals surface area (Å²) in [5.74, 6) is -0.0258. The second-order valence-corrected chi connectivity index (χ2v) is 3.63. The molecule has 0 aliphatic heterocycles. The number of hydrogen-bond donors (Lipinski definition) is 3. The van der Waals surface area contributed by atoms with Crippen molar-refractivity contribution < 1.29 is 14.8 Å². The Morgan fingerprint density at radius 3 is 2.50 bits per heavy atom. The zero-order valence-corrected chi connectivity index (χ0v) is 9.45. The third-order valence-electron chi connectivity index (χ3n) is 2.39. The zero-order chi connectivity index (χ0) is 13.0. The maximum atomic E-state index is 12.0. The summed E-state index contributed by atoms with van der Waals surface area (Å²) in [7, 11) is -1.68. The number of carbonyl (C=O) groups is 1. The monoisotopic (exact) mass is 242 g/mol. The highest BCUT2D eigenvalue weighted by molar-refractivity contribution is 6.60. The van der Waals surface area contributed by atoms with E-state index in [-0.39, 0.29) is 11.0 Å². The molecule has 0 aliphatic carbocycles. The Morgan fingerprint density at radius 1 is 1.11 bits per heavy atom. The second kappa shape index (κ2) is 5.44. The van der Waals surface area contributed by atoms with Gasteiger partial charge in [0.15, 0.2) is 0 Å². The molecule has 0 bridgehead atoms. The van der Waals surface area contributed by atoms with Crippen molar-refractivity contribution in [2.45, 2.75) is 0 Å². The summed E-state index contributed by atoms with van der Waals surface area (Å²) in [5.41, 5.74) is 0.365. The van der Waals surface area contributed by atoms with Crippen LogP contribution in [0, 0.1) is 0 Å². The van der Waals surface area contributed by atoms with E-state index >= 15 is 0 Å². The van der Waals surface area contributed by atoms with Gasteiger partial charge in [-0.05, 0) is 23.7 Å². The van der Waals surface area contributed by atoms with Gasteiger partial charge >= 0.3 is 7.12 Å². The zero-order valence-electron chi connectivity index (χ0n) is 9.45. The number of benzene rings is 1. The van der Waals surface area contributed by atoms with Crippen molar-refractivity contribution in [3.8, 4) is 0 Å². The van der Waals surface area contributed by atoms with Gasteiger partial charge in [0.25, 0.3) is 5.91 Å². The van der Waals surface area contributed by atoms with Crippen molar-refractivity contribution in [2.24, 2.45) is 0 Å².